The second-order valence-electron chi connectivity index (χ2n) is 3.81. The van der Waals surface area contributed by atoms with Crippen LogP contribution in [0.25, 0.3) is 0 Å². The Kier molecular flexibility index (Phi) is 4.17. The molecule has 2 nitrogen and oxygen atoms in total. The summed E-state index contributed by atoms with van der Waals surface area (Å²) in [6.45, 7) is 6.14. The largest absolute Gasteiger partial charge is 0.491 e. The first-order chi connectivity index (χ1) is 7.17. The minimum Gasteiger partial charge on any atom is -0.491 e. The van der Waals surface area contributed by atoms with Gasteiger partial charge in [0.25, 0.3) is 0 Å². The smallest absolute Gasteiger partial charge is 0.120 e. The van der Waals surface area contributed by atoms with Crippen LogP contribution in [0.4, 0.5) is 0 Å². The second kappa shape index (κ2) is 5.41. The molecule has 2 heteroatoms. The van der Waals surface area contributed by atoms with Gasteiger partial charge in [-0.05, 0) is 44.0 Å². The summed E-state index contributed by atoms with van der Waals surface area (Å²) in [5, 5.41) is 8.78. The van der Waals surface area contributed by atoms with E-state index in [1.165, 1.54) is 0 Å². The highest BCUT2D eigenvalue weighted by atomic mass is 16.5. The molecule has 0 saturated heterocycles. The molecule has 80 valence electrons. The summed E-state index contributed by atoms with van der Waals surface area (Å²) in [5.41, 5.74) is 1.68. The van der Waals surface area contributed by atoms with Gasteiger partial charge in [0.05, 0.1) is 17.7 Å². The van der Waals surface area contributed by atoms with Gasteiger partial charge in [0.2, 0.25) is 0 Å². The van der Waals surface area contributed by atoms with E-state index in [1.54, 1.807) is 0 Å². The molecule has 0 radical (unpaired) electrons. The third-order valence-electron chi connectivity index (χ3n) is 2.35. The molecular weight excluding hydrogens is 186 g/mol. The lowest BCUT2D eigenvalue weighted by atomic mass is 10.1. The van der Waals surface area contributed by atoms with Crippen LogP contribution in [0.5, 0.6) is 5.75 Å². The van der Waals surface area contributed by atoms with E-state index in [-0.39, 0.29) is 6.10 Å². The summed E-state index contributed by atoms with van der Waals surface area (Å²) in [6.07, 6.45) is 2.41. The van der Waals surface area contributed by atoms with Crippen LogP contribution < -0.4 is 4.74 Å². The van der Waals surface area contributed by atoms with Crippen molar-refractivity contribution in [3.63, 3.8) is 0 Å². The van der Waals surface area contributed by atoms with Gasteiger partial charge in [-0.2, -0.15) is 5.26 Å². The lowest BCUT2D eigenvalue weighted by Gasteiger charge is -2.14. The molecule has 0 saturated carbocycles. The maximum Gasteiger partial charge on any atom is 0.120 e. The number of nitrogens with zero attached hydrogens (tertiary/aromatic N) is 1. The summed E-state index contributed by atoms with van der Waals surface area (Å²) in [4.78, 5) is 0. The van der Waals surface area contributed by atoms with Crippen LogP contribution in [0.2, 0.25) is 0 Å². The Morgan fingerprint density at radius 3 is 2.73 bits per heavy atom. The van der Waals surface area contributed by atoms with Gasteiger partial charge in [0.15, 0.2) is 0 Å². The number of rotatable bonds is 4. The minimum atomic E-state index is 0.238. The average Bonchev–Trinajstić information content (AvgIpc) is 2.18. The maximum atomic E-state index is 8.78. The van der Waals surface area contributed by atoms with Gasteiger partial charge < -0.3 is 4.74 Å². The van der Waals surface area contributed by atoms with Crippen molar-refractivity contribution < 1.29 is 4.74 Å². The Bertz CT molecular complexity index is 365. The Morgan fingerprint density at radius 2 is 2.20 bits per heavy atom. The fourth-order valence-electron chi connectivity index (χ4n) is 1.53. The third-order valence-corrected chi connectivity index (χ3v) is 2.35. The molecule has 0 amide bonds. The van der Waals surface area contributed by atoms with E-state index >= 15 is 0 Å². The molecule has 0 aliphatic heterocycles. The van der Waals surface area contributed by atoms with Crippen molar-refractivity contribution in [3.05, 3.63) is 29.3 Å². The molecule has 1 rings (SSSR count). The molecule has 0 aliphatic rings. The highest BCUT2D eigenvalue weighted by Gasteiger charge is 2.04. The quantitative estimate of drug-likeness (QED) is 0.751. The van der Waals surface area contributed by atoms with E-state index in [1.807, 2.05) is 25.1 Å². The molecule has 1 aromatic carbocycles. The normalized spacial score (nSPS) is 11.9. The monoisotopic (exact) mass is 203 g/mol. The first-order valence-electron chi connectivity index (χ1n) is 5.34. The van der Waals surface area contributed by atoms with Crippen LogP contribution in [0.3, 0.4) is 0 Å². The zero-order valence-corrected chi connectivity index (χ0v) is 9.58. The topological polar surface area (TPSA) is 33.0 Å². The van der Waals surface area contributed by atoms with Crippen molar-refractivity contribution in [2.75, 3.05) is 0 Å². The van der Waals surface area contributed by atoms with Crippen LogP contribution >= 0.6 is 0 Å². The summed E-state index contributed by atoms with van der Waals surface area (Å²) in [5.74, 6) is 0.854. The predicted octanol–water partition coefficient (Wildman–Crippen LogP) is 3.43. The van der Waals surface area contributed by atoms with Crippen molar-refractivity contribution in [2.24, 2.45) is 0 Å². The van der Waals surface area contributed by atoms with Gasteiger partial charge in [-0.15, -0.1) is 0 Å². The molecule has 0 heterocycles. The molecular formula is C13H17NO. The fraction of sp³-hybridized carbons (Fsp3) is 0.462. The summed E-state index contributed by atoms with van der Waals surface area (Å²) < 4.78 is 5.73. The van der Waals surface area contributed by atoms with E-state index in [2.05, 4.69) is 19.9 Å². The highest BCUT2D eigenvalue weighted by Crippen LogP contribution is 2.18. The van der Waals surface area contributed by atoms with Crippen molar-refractivity contribution in [2.45, 2.75) is 39.7 Å². The Labute approximate surface area is 91.5 Å². The van der Waals surface area contributed by atoms with Gasteiger partial charge in [-0.3, -0.25) is 0 Å². The summed E-state index contributed by atoms with van der Waals surface area (Å²) >= 11 is 0. The van der Waals surface area contributed by atoms with E-state index in [9.17, 15) is 0 Å². The highest BCUT2D eigenvalue weighted by molar-refractivity contribution is 5.41. The SMILES string of the molecule is CCCC(C)Oc1ccc(C#N)c(C)c1. The first-order valence-corrected chi connectivity index (χ1v) is 5.34. The number of ether oxygens (including phenoxy) is 1. The van der Waals surface area contributed by atoms with Gasteiger partial charge in [-0.25, -0.2) is 0 Å². The summed E-state index contributed by atoms with van der Waals surface area (Å²) in [7, 11) is 0. The van der Waals surface area contributed by atoms with Crippen LogP contribution in [0.15, 0.2) is 18.2 Å². The Hall–Kier alpha value is -1.49. The number of aryl methyl sites for hydroxylation is 1. The molecule has 0 bridgehead atoms. The molecule has 1 atom stereocenters. The third kappa shape index (κ3) is 3.28. The van der Waals surface area contributed by atoms with Crippen molar-refractivity contribution >= 4 is 0 Å². The van der Waals surface area contributed by atoms with E-state index in [4.69, 9.17) is 10.00 Å². The Balaban J connectivity index is 2.72. The standard InChI is InChI=1S/C13H17NO/c1-4-5-11(3)15-13-7-6-12(9-14)10(2)8-13/h6-8,11H,4-5H2,1-3H3. The number of benzene rings is 1. The number of hydrogen-bond acceptors (Lipinski definition) is 2. The molecule has 0 aromatic heterocycles. The van der Waals surface area contributed by atoms with Gasteiger partial charge >= 0.3 is 0 Å². The van der Waals surface area contributed by atoms with E-state index in [0.717, 1.165) is 24.2 Å². The lowest BCUT2D eigenvalue weighted by Crippen LogP contribution is -2.11. The molecule has 0 aliphatic carbocycles. The van der Waals surface area contributed by atoms with Crippen molar-refractivity contribution in [1.29, 1.82) is 5.26 Å². The zero-order chi connectivity index (χ0) is 11.3. The molecule has 0 spiro atoms. The van der Waals surface area contributed by atoms with Crippen LogP contribution in [-0.2, 0) is 0 Å². The van der Waals surface area contributed by atoms with Crippen molar-refractivity contribution in [3.8, 4) is 11.8 Å². The zero-order valence-electron chi connectivity index (χ0n) is 9.58. The van der Waals surface area contributed by atoms with E-state index < -0.39 is 0 Å². The number of hydrogen-bond donors (Lipinski definition) is 0. The van der Waals surface area contributed by atoms with Crippen molar-refractivity contribution in [1.82, 2.24) is 0 Å². The van der Waals surface area contributed by atoms with E-state index in [0.29, 0.717) is 5.56 Å². The molecule has 1 unspecified atom stereocenters. The fourth-order valence-corrected chi connectivity index (χ4v) is 1.53. The Morgan fingerprint density at radius 1 is 1.47 bits per heavy atom. The average molecular weight is 203 g/mol. The van der Waals surface area contributed by atoms with Crippen LogP contribution in [0.1, 0.15) is 37.8 Å². The lowest BCUT2D eigenvalue weighted by molar-refractivity contribution is 0.210. The molecule has 1 aromatic rings. The van der Waals surface area contributed by atoms with Gasteiger partial charge in [0, 0.05) is 0 Å². The first kappa shape index (κ1) is 11.6. The van der Waals surface area contributed by atoms with Gasteiger partial charge in [0.1, 0.15) is 5.75 Å². The van der Waals surface area contributed by atoms with Crippen LogP contribution in [-0.4, -0.2) is 6.10 Å². The molecule has 15 heavy (non-hydrogen) atoms. The maximum absolute atomic E-state index is 8.78. The minimum absolute atomic E-state index is 0.238. The van der Waals surface area contributed by atoms with Crippen LogP contribution in [0, 0.1) is 18.3 Å². The molecule has 0 fully saturated rings. The predicted molar refractivity (Wildman–Crippen MR) is 60.9 cm³/mol. The molecule has 0 N–H and O–H groups in total. The summed E-state index contributed by atoms with van der Waals surface area (Å²) in [6, 6.07) is 7.73. The number of nitriles is 1. The second-order valence-corrected chi connectivity index (χ2v) is 3.81. The van der Waals surface area contributed by atoms with Gasteiger partial charge in [-0.1, -0.05) is 13.3 Å².